The lowest BCUT2D eigenvalue weighted by atomic mass is 10.4. The van der Waals surface area contributed by atoms with Gasteiger partial charge < -0.3 is 5.32 Å². The van der Waals surface area contributed by atoms with Gasteiger partial charge in [-0.15, -0.1) is 5.10 Å². The summed E-state index contributed by atoms with van der Waals surface area (Å²) in [6.45, 7) is 3.05. The van der Waals surface area contributed by atoms with E-state index in [1.807, 2.05) is 19.2 Å². The lowest BCUT2D eigenvalue weighted by molar-refractivity contribution is 0.664. The van der Waals surface area contributed by atoms with E-state index in [-0.39, 0.29) is 0 Å². The normalized spacial score (nSPS) is 10.5. The first kappa shape index (κ1) is 11.8. The van der Waals surface area contributed by atoms with Crippen LogP contribution in [0.4, 0.5) is 5.82 Å². The van der Waals surface area contributed by atoms with Crippen molar-refractivity contribution >= 4 is 17.6 Å². The van der Waals surface area contributed by atoms with Gasteiger partial charge >= 0.3 is 0 Å². The number of nitrogens with one attached hydrogen (secondary N) is 1. The van der Waals surface area contributed by atoms with Crippen LogP contribution in [0.2, 0.25) is 0 Å². The van der Waals surface area contributed by atoms with Crippen LogP contribution in [0.1, 0.15) is 13.3 Å². The predicted molar refractivity (Wildman–Crippen MR) is 65.9 cm³/mol. The molecule has 0 aliphatic carbocycles. The highest BCUT2D eigenvalue weighted by atomic mass is 32.2. The van der Waals surface area contributed by atoms with E-state index in [9.17, 15) is 0 Å². The Kier molecular flexibility index (Phi) is 3.92. The minimum Gasteiger partial charge on any atom is -0.370 e. The number of nitrogens with zero attached hydrogens (tertiary/aromatic N) is 5. The molecule has 2 rings (SSSR count). The van der Waals surface area contributed by atoms with Crippen molar-refractivity contribution in [1.82, 2.24) is 25.2 Å². The van der Waals surface area contributed by atoms with Crippen LogP contribution in [0.15, 0.2) is 28.4 Å². The Morgan fingerprint density at radius 3 is 3.06 bits per heavy atom. The number of rotatable bonds is 5. The molecule has 2 aromatic heterocycles. The summed E-state index contributed by atoms with van der Waals surface area (Å²) >= 11 is 1.52. The molecule has 0 amide bonds. The molecule has 7 heteroatoms. The molecule has 0 aromatic carbocycles. The van der Waals surface area contributed by atoms with Crippen molar-refractivity contribution in [3.8, 4) is 0 Å². The van der Waals surface area contributed by atoms with Gasteiger partial charge in [0, 0.05) is 24.7 Å². The highest BCUT2D eigenvalue weighted by molar-refractivity contribution is 7.99. The summed E-state index contributed by atoms with van der Waals surface area (Å²) in [7, 11) is 1.82. The molecule has 0 radical (unpaired) electrons. The Balaban J connectivity index is 2.08. The Hall–Kier alpha value is -1.63. The van der Waals surface area contributed by atoms with Crippen molar-refractivity contribution in [3.63, 3.8) is 0 Å². The summed E-state index contributed by atoms with van der Waals surface area (Å²) in [5, 5.41) is 15.3. The topological polar surface area (TPSA) is 68.5 Å². The van der Waals surface area contributed by atoms with Gasteiger partial charge in [0.25, 0.3) is 0 Å². The van der Waals surface area contributed by atoms with Crippen LogP contribution in [0.25, 0.3) is 0 Å². The van der Waals surface area contributed by atoms with Gasteiger partial charge in [0.05, 0.1) is 0 Å². The van der Waals surface area contributed by atoms with Crippen molar-refractivity contribution in [2.24, 2.45) is 7.05 Å². The fourth-order valence-corrected chi connectivity index (χ4v) is 1.99. The third kappa shape index (κ3) is 3.16. The summed E-state index contributed by atoms with van der Waals surface area (Å²) in [5.74, 6) is 0.881. The third-order valence-electron chi connectivity index (χ3n) is 2.08. The highest BCUT2D eigenvalue weighted by Crippen LogP contribution is 2.25. The van der Waals surface area contributed by atoms with Crippen molar-refractivity contribution in [2.45, 2.75) is 23.4 Å². The van der Waals surface area contributed by atoms with Crippen LogP contribution in [0, 0.1) is 0 Å². The van der Waals surface area contributed by atoms with Crippen LogP contribution in [-0.4, -0.2) is 31.7 Å². The molecule has 0 bridgehead atoms. The van der Waals surface area contributed by atoms with E-state index in [0.29, 0.717) is 0 Å². The van der Waals surface area contributed by atoms with E-state index in [2.05, 4.69) is 32.7 Å². The zero-order valence-electron chi connectivity index (χ0n) is 9.79. The van der Waals surface area contributed by atoms with Crippen molar-refractivity contribution in [2.75, 3.05) is 11.9 Å². The summed E-state index contributed by atoms with van der Waals surface area (Å²) in [6.07, 6.45) is 2.86. The molecular formula is C10H14N6S. The Bertz CT molecular complexity index is 483. The summed E-state index contributed by atoms with van der Waals surface area (Å²) in [6, 6.07) is 3.94. The summed E-state index contributed by atoms with van der Waals surface area (Å²) < 4.78 is 1.64. The molecule has 0 spiro atoms. The molecular weight excluding hydrogens is 236 g/mol. The van der Waals surface area contributed by atoms with Crippen LogP contribution in [-0.2, 0) is 7.05 Å². The van der Waals surface area contributed by atoms with E-state index >= 15 is 0 Å². The maximum absolute atomic E-state index is 4.25. The van der Waals surface area contributed by atoms with Crippen LogP contribution >= 0.6 is 11.8 Å². The van der Waals surface area contributed by atoms with Crippen LogP contribution in [0.5, 0.6) is 0 Å². The van der Waals surface area contributed by atoms with Gasteiger partial charge in [0.1, 0.15) is 5.82 Å². The zero-order chi connectivity index (χ0) is 12.1. The molecule has 0 saturated heterocycles. The molecule has 17 heavy (non-hydrogen) atoms. The van der Waals surface area contributed by atoms with Gasteiger partial charge in [-0.3, -0.25) is 0 Å². The quantitative estimate of drug-likeness (QED) is 0.869. The zero-order valence-corrected chi connectivity index (χ0v) is 10.6. The number of aryl methyl sites for hydroxylation is 1. The van der Waals surface area contributed by atoms with E-state index in [4.69, 9.17) is 0 Å². The minimum atomic E-state index is 0.762. The van der Waals surface area contributed by atoms with Gasteiger partial charge in [-0.05, 0) is 40.7 Å². The molecule has 90 valence electrons. The standard InChI is InChI=1S/C10H14N6S/c1-3-5-11-9-7-8(4-6-12-9)17-10-13-14-15-16(10)2/h4,6-7H,3,5H2,1-2H3,(H,11,12). The van der Waals surface area contributed by atoms with Gasteiger partial charge in [-0.25, -0.2) is 9.67 Å². The van der Waals surface area contributed by atoms with E-state index in [1.54, 1.807) is 10.9 Å². The molecule has 6 nitrogen and oxygen atoms in total. The average molecular weight is 250 g/mol. The van der Waals surface area contributed by atoms with Gasteiger partial charge in [-0.2, -0.15) is 0 Å². The minimum absolute atomic E-state index is 0.762. The molecule has 0 saturated carbocycles. The smallest absolute Gasteiger partial charge is 0.213 e. The van der Waals surface area contributed by atoms with Crippen molar-refractivity contribution < 1.29 is 0 Å². The highest BCUT2D eigenvalue weighted by Gasteiger charge is 2.05. The molecule has 0 unspecified atom stereocenters. The molecule has 0 aliphatic rings. The first-order chi connectivity index (χ1) is 8.29. The Labute approximate surface area is 104 Å². The average Bonchev–Trinajstić information content (AvgIpc) is 2.73. The van der Waals surface area contributed by atoms with E-state index in [0.717, 1.165) is 28.8 Å². The monoisotopic (exact) mass is 250 g/mol. The molecule has 2 aromatic rings. The van der Waals surface area contributed by atoms with Crippen molar-refractivity contribution in [3.05, 3.63) is 18.3 Å². The number of pyridine rings is 1. The Morgan fingerprint density at radius 1 is 1.47 bits per heavy atom. The second-order valence-electron chi connectivity index (χ2n) is 3.49. The number of hydrogen-bond donors (Lipinski definition) is 1. The molecule has 0 fully saturated rings. The lowest BCUT2D eigenvalue weighted by Gasteiger charge is -2.05. The maximum Gasteiger partial charge on any atom is 0.213 e. The molecule has 0 aliphatic heterocycles. The van der Waals surface area contributed by atoms with E-state index in [1.165, 1.54) is 11.8 Å². The first-order valence-electron chi connectivity index (χ1n) is 5.39. The predicted octanol–water partition coefficient (Wildman–Crippen LogP) is 1.58. The van der Waals surface area contributed by atoms with Crippen molar-refractivity contribution in [1.29, 1.82) is 0 Å². The fourth-order valence-electron chi connectivity index (χ4n) is 1.24. The number of anilines is 1. The molecule has 2 heterocycles. The van der Waals surface area contributed by atoms with E-state index < -0.39 is 0 Å². The lowest BCUT2D eigenvalue weighted by Crippen LogP contribution is -2.01. The third-order valence-corrected chi connectivity index (χ3v) is 3.10. The molecule has 1 N–H and O–H groups in total. The number of hydrogen-bond acceptors (Lipinski definition) is 6. The number of tetrazole rings is 1. The van der Waals surface area contributed by atoms with Crippen LogP contribution < -0.4 is 5.32 Å². The summed E-state index contributed by atoms with van der Waals surface area (Å²) in [5.41, 5.74) is 0. The first-order valence-corrected chi connectivity index (χ1v) is 6.21. The molecule has 0 atom stereocenters. The van der Waals surface area contributed by atoms with Crippen LogP contribution in [0.3, 0.4) is 0 Å². The summed E-state index contributed by atoms with van der Waals surface area (Å²) in [4.78, 5) is 5.31. The maximum atomic E-state index is 4.25. The second kappa shape index (κ2) is 5.62. The largest absolute Gasteiger partial charge is 0.370 e. The fraction of sp³-hybridized carbons (Fsp3) is 0.400. The SMILES string of the molecule is CCCNc1cc(Sc2nnnn2C)ccn1. The van der Waals surface area contributed by atoms with Gasteiger partial charge in [0.2, 0.25) is 5.16 Å². The number of aromatic nitrogens is 5. The van der Waals surface area contributed by atoms with Gasteiger partial charge in [0.15, 0.2) is 0 Å². The second-order valence-corrected chi connectivity index (χ2v) is 4.53. The van der Waals surface area contributed by atoms with Gasteiger partial charge in [-0.1, -0.05) is 6.92 Å². The Morgan fingerprint density at radius 2 is 2.35 bits per heavy atom.